The molecule has 0 aliphatic carbocycles. The van der Waals surface area contributed by atoms with Gasteiger partial charge in [-0.1, -0.05) is 0 Å². The lowest BCUT2D eigenvalue weighted by atomic mass is 10.4. The lowest BCUT2D eigenvalue weighted by Gasteiger charge is -2.04. The van der Waals surface area contributed by atoms with Crippen LogP contribution in [0.1, 0.15) is 5.69 Å². The molecule has 0 saturated carbocycles. The Labute approximate surface area is 74.9 Å². The van der Waals surface area contributed by atoms with Crippen LogP contribution in [0.4, 0.5) is 5.95 Å². The predicted octanol–water partition coefficient (Wildman–Crippen LogP) is -1.03. The number of hydrazine groups is 1. The summed E-state index contributed by atoms with van der Waals surface area (Å²) in [5.74, 6) is 10.4. The number of halogens is 1. The van der Waals surface area contributed by atoms with Crippen LogP contribution in [0.2, 0.25) is 0 Å². The molecule has 0 aromatic carbocycles. The second-order valence-electron chi connectivity index (χ2n) is 2.07. The zero-order chi connectivity index (χ0) is 8.43. The molecule has 1 heterocycles. The predicted molar refractivity (Wildman–Crippen MR) is 48.4 cm³/mol. The summed E-state index contributed by atoms with van der Waals surface area (Å²) in [5.41, 5.74) is 2.44. The molecule has 68 valence electrons. The molecule has 5 N–H and O–H groups in total. The molecule has 1 rings (SSSR count). The van der Waals surface area contributed by atoms with E-state index >= 15 is 0 Å². The largest absolute Gasteiger partial charge is 0.333 e. The molecule has 1 aromatic heterocycles. The van der Waals surface area contributed by atoms with Crippen LogP contribution in [-0.4, -0.2) is 9.66 Å². The highest BCUT2D eigenvalue weighted by Crippen LogP contribution is 1.93. The van der Waals surface area contributed by atoms with E-state index in [0.29, 0.717) is 5.69 Å². The molecule has 7 heteroatoms. The molecule has 12 heavy (non-hydrogen) atoms. The quantitative estimate of drug-likeness (QED) is 0.390. The zero-order valence-electron chi connectivity index (χ0n) is 6.44. The van der Waals surface area contributed by atoms with Crippen molar-refractivity contribution < 1.29 is 0 Å². The summed E-state index contributed by atoms with van der Waals surface area (Å²) in [6.07, 6.45) is 0. The highest BCUT2D eigenvalue weighted by molar-refractivity contribution is 5.85. The summed E-state index contributed by atoms with van der Waals surface area (Å²) >= 11 is 0. The van der Waals surface area contributed by atoms with Gasteiger partial charge in [-0.25, -0.2) is 10.8 Å². The number of nitrogens with two attached hydrogens (primary N) is 2. The monoisotopic (exact) mass is 191 g/mol. The van der Waals surface area contributed by atoms with Crippen LogP contribution >= 0.6 is 12.4 Å². The van der Waals surface area contributed by atoms with Gasteiger partial charge in [0.2, 0.25) is 5.95 Å². The Hall–Kier alpha value is -1.27. The maximum absolute atomic E-state index is 10.9. The van der Waals surface area contributed by atoms with E-state index < -0.39 is 0 Å². The molecular formula is C5H10ClN5O. The van der Waals surface area contributed by atoms with Crippen molar-refractivity contribution in [2.45, 2.75) is 6.92 Å². The van der Waals surface area contributed by atoms with Gasteiger partial charge in [-0.15, -0.1) is 12.4 Å². The Kier molecular flexibility index (Phi) is 3.52. The number of aryl methyl sites for hydroxylation is 1. The molecule has 6 nitrogen and oxygen atoms in total. The average molecular weight is 192 g/mol. The van der Waals surface area contributed by atoms with Crippen LogP contribution in [-0.2, 0) is 0 Å². The second kappa shape index (κ2) is 3.93. The van der Waals surface area contributed by atoms with Gasteiger partial charge in [0.1, 0.15) is 0 Å². The first-order chi connectivity index (χ1) is 5.15. The van der Waals surface area contributed by atoms with Gasteiger partial charge in [-0.2, -0.15) is 4.68 Å². The fraction of sp³-hybridized carbons (Fsp3) is 0.200. The highest BCUT2D eigenvalue weighted by atomic mass is 35.5. The van der Waals surface area contributed by atoms with Gasteiger partial charge in [-0.3, -0.25) is 10.2 Å². The van der Waals surface area contributed by atoms with Crippen LogP contribution in [0.3, 0.4) is 0 Å². The standard InChI is InChI=1S/C5H9N5O.ClH/c1-3-2-4(11)10(7)5(8-3)9-6;/h2H,6-7H2,1H3,(H,8,9);1H. The maximum atomic E-state index is 10.9. The average Bonchev–Trinajstić information content (AvgIpc) is 1.96. The SMILES string of the molecule is Cc1cc(=O)n(N)c(NN)n1.Cl. The van der Waals surface area contributed by atoms with Crippen LogP contribution in [0, 0.1) is 6.92 Å². The minimum atomic E-state index is -0.342. The van der Waals surface area contributed by atoms with E-state index in [-0.39, 0.29) is 23.9 Å². The van der Waals surface area contributed by atoms with Gasteiger partial charge in [0.05, 0.1) is 0 Å². The molecule has 0 fully saturated rings. The number of hydrogen-bond acceptors (Lipinski definition) is 5. The minimum absolute atomic E-state index is 0. The van der Waals surface area contributed by atoms with Crippen molar-refractivity contribution in [1.29, 1.82) is 0 Å². The summed E-state index contributed by atoms with van der Waals surface area (Å²) in [6.45, 7) is 1.68. The van der Waals surface area contributed by atoms with E-state index in [9.17, 15) is 4.79 Å². The molecule has 1 aromatic rings. The third kappa shape index (κ3) is 1.86. The van der Waals surface area contributed by atoms with Gasteiger partial charge in [-0.05, 0) is 6.92 Å². The third-order valence-corrected chi connectivity index (χ3v) is 1.21. The van der Waals surface area contributed by atoms with E-state index in [1.165, 1.54) is 6.07 Å². The van der Waals surface area contributed by atoms with Crippen LogP contribution in [0.5, 0.6) is 0 Å². The summed E-state index contributed by atoms with van der Waals surface area (Å²) in [7, 11) is 0. The number of rotatable bonds is 1. The summed E-state index contributed by atoms with van der Waals surface area (Å²) in [4.78, 5) is 14.8. The topological polar surface area (TPSA) is 99.0 Å². The van der Waals surface area contributed by atoms with E-state index in [0.717, 1.165) is 4.68 Å². The van der Waals surface area contributed by atoms with Crippen molar-refractivity contribution >= 4 is 18.4 Å². The van der Waals surface area contributed by atoms with Crippen molar-refractivity contribution in [1.82, 2.24) is 9.66 Å². The molecule has 0 unspecified atom stereocenters. The van der Waals surface area contributed by atoms with Crippen LogP contribution in [0.15, 0.2) is 10.9 Å². The molecule has 0 amide bonds. The summed E-state index contributed by atoms with van der Waals surface area (Å²) in [5, 5.41) is 0. The lowest BCUT2D eigenvalue weighted by Crippen LogP contribution is -2.32. The van der Waals surface area contributed by atoms with Crippen molar-refractivity contribution in [3.8, 4) is 0 Å². The van der Waals surface area contributed by atoms with Gasteiger partial charge in [0.15, 0.2) is 0 Å². The number of anilines is 1. The van der Waals surface area contributed by atoms with Crippen molar-refractivity contribution in [2.24, 2.45) is 5.84 Å². The molecule has 0 atom stereocenters. The number of hydrogen-bond donors (Lipinski definition) is 3. The van der Waals surface area contributed by atoms with Crippen molar-refractivity contribution in [3.63, 3.8) is 0 Å². The fourth-order valence-electron chi connectivity index (χ4n) is 0.708. The Bertz CT molecular complexity index is 322. The first-order valence-corrected chi connectivity index (χ1v) is 2.97. The van der Waals surface area contributed by atoms with E-state index in [1.54, 1.807) is 6.92 Å². The fourth-order valence-corrected chi connectivity index (χ4v) is 0.708. The van der Waals surface area contributed by atoms with E-state index in [2.05, 4.69) is 10.4 Å². The molecular weight excluding hydrogens is 182 g/mol. The molecule has 0 aliphatic rings. The number of nitrogen functional groups attached to an aromatic ring is 2. The van der Waals surface area contributed by atoms with Gasteiger partial charge < -0.3 is 5.84 Å². The zero-order valence-corrected chi connectivity index (χ0v) is 7.26. The molecule has 0 saturated heterocycles. The molecule has 0 radical (unpaired) electrons. The Morgan fingerprint density at radius 2 is 2.25 bits per heavy atom. The lowest BCUT2D eigenvalue weighted by molar-refractivity contribution is 0.875. The van der Waals surface area contributed by atoms with Crippen LogP contribution in [0.25, 0.3) is 0 Å². The van der Waals surface area contributed by atoms with Gasteiger partial charge >= 0.3 is 0 Å². The smallest absolute Gasteiger partial charge is 0.273 e. The molecule has 0 aliphatic heterocycles. The second-order valence-corrected chi connectivity index (χ2v) is 2.07. The number of aromatic nitrogens is 2. The first-order valence-electron chi connectivity index (χ1n) is 2.97. The minimum Gasteiger partial charge on any atom is -0.333 e. The third-order valence-electron chi connectivity index (χ3n) is 1.21. The highest BCUT2D eigenvalue weighted by Gasteiger charge is 2.00. The van der Waals surface area contributed by atoms with Gasteiger partial charge in [0.25, 0.3) is 5.56 Å². The first kappa shape index (κ1) is 10.7. The van der Waals surface area contributed by atoms with E-state index in [4.69, 9.17) is 11.7 Å². The van der Waals surface area contributed by atoms with Gasteiger partial charge in [0, 0.05) is 11.8 Å². The molecule has 0 spiro atoms. The normalized spacial score (nSPS) is 8.83. The number of nitrogens with one attached hydrogen (secondary N) is 1. The Balaban J connectivity index is 0.00000121. The maximum Gasteiger partial charge on any atom is 0.273 e. The van der Waals surface area contributed by atoms with Crippen molar-refractivity contribution in [2.75, 3.05) is 11.3 Å². The Morgan fingerprint density at radius 3 is 2.75 bits per heavy atom. The summed E-state index contributed by atoms with van der Waals surface area (Å²) in [6, 6.07) is 1.32. The Morgan fingerprint density at radius 1 is 1.67 bits per heavy atom. The number of nitrogens with zero attached hydrogens (tertiary/aromatic N) is 2. The molecule has 0 bridgehead atoms. The van der Waals surface area contributed by atoms with Crippen molar-refractivity contribution in [3.05, 3.63) is 22.1 Å². The summed E-state index contributed by atoms with van der Waals surface area (Å²) < 4.78 is 0.840. The van der Waals surface area contributed by atoms with Crippen LogP contribution < -0.4 is 22.7 Å². The van der Waals surface area contributed by atoms with E-state index in [1.807, 2.05) is 0 Å².